The fourth-order valence-electron chi connectivity index (χ4n) is 2.36. The maximum absolute atomic E-state index is 3.67. The summed E-state index contributed by atoms with van der Waals surface area (Å²) in [6.45, 7) is 3.32. The molecule has 0 bridgehead atoms. The van der Waals surface area contributed by atoms with Crippen molar-refractivity contribution in [3.63, 3.8) is 0 Å². The zero-order chi connectivity index (χ0) is 11.2. The number of thiophene rings is 1. The van der Waals surface area contributed by atoms with Crippen LogP contribution >= 0.6 is 23.1 Å². The molecule has 0 saturated carbocycles. The average Bonchev–Trinajstić information content (AvgIpc) is 2.96. The van der Waals surface area contributed by atoms with Gasteiger partial charge < -0.3 is 5.32 Å². The Labute approximate surface area is 107 Å². The average molecular weight is 255 g/mol. The third-order valence-electron chi connectivity index (χ3n) is 3.20. The first-order valence-corrected chi connectivity index (χ1v) is 8.25. The van der Waals surface area contributed by atoms with Gasteiger partial charge in [-0.05, 0) is 60.4 Å². The molecule has 0 radical (unpaired) electrons. The molecular formula is C13H21NS2. The molecule has 2 rings (SSSR count). The van der Waals surface area contributed by atoms with Crippen molar-refractivity contribution in [1.82, 2.24) is 5.32 Å². The number of aryl methyl sites for hydroxylation is 1. The number of hydrogen-bond acceptors (Lipinski definition) is 3. The summed E-state index contributed by atoms with van der Waals surface area (Å²) < 4.78 is 0. The predicted octanol–water partition coefficient (Wildman–Crippen LogP) is 3.55. The zero-order valence-electron chi connectivity index (χ0n) is 9.95. The molecule has 0 aliphatic carbocycles. The van der Waals surface area contributed by atoms with Crippen LogP contribution in [0.5, 0.6) is 0 Å². The van der Waals surface area contributed by atoms with Crippen molar-refractivity contribution in [2.75, 3.05) is 12.3 Å². The Morgan fingerprint density at radius 1 is 1.56 bits per heavy atom. The first-order chi connectivity index (χ1) is 7.90. The highest BCUT2D eigenvalue weighted by Crippen LogP contribution is 2.30. The van der Waals surface area contributed by atoms with Crippen molar-refractivity contribution in [3.8, 4) is 0 Å². The molecule has 1 saturated heterocycles. The quantitative estimate of drug-likeness (QED) is 0.834. The number of thioether (sulfide) groups is 1. The number of rotatable bonds is 6. The molecule has 1 aromatic rings. The largest absolute Gasteiger partial charge is 0.313 e. The fourth-order valence-corrected chi connectivity index (χ4v) is 4.50. The summed E-state index contributed by atoms with van der Waals surface area (Å²) in [6.07, 6.45) is 5.35. The molecule has 2 heterocycles. The Hall–Kier alpha value is 0.01000. The molecule has 1 aromatic heterocycles. The topological polar surface area (TPSA) is 12.0 Å². The van der Waals surface area contributed by atoms with Gasteiger partial charge in [-0.3, -0.25) is 0 Å². The summed E-state index contributed by atoms with van der Waals surface area (Å²) in [4.78, 5) is 0. The molecule has 0 aromatic carbocycles. The summed E-state index contributed by atoms with van der Waals surface area (Å²) in [6, 6.07) is 2.98. The van der Waals surface area contributed by atoms with E-state index in [1.54, 1.807) is 0 Å². The minimum Gasteiger partial charge on any atom is -0.313 e. The van der Waals surface area contributed by atoms with Crippen molar-refractivity contribution < 1.29 is 0 Å². The van der Waals surface area contributed by atoms with Gasteiger partial charge in [0.15, 0.2) is 0 Å². The second-order valence-corrected chi connectivity index (χ2v) is 6.51. The summed E-state index contributed by atoms with van der Waals surface area (Å²) >= 11 is 3.98. The lowest BCUT2D eigenvalue weighted by Gasteiger charge is -2.23. The third kappa shape index (κ3) is 3.51. The highest BCUT2D eigenvalue weighted by atomic mass is 32.2. The van der Waals surface area contributed by atoms with Crippen LogP contribution in [0.25, 0.3) is 0 Å². The number of hydrogen-bond donors (Lipinski definition) is 1. The second kappa shape index (κ2) is 6.67. The van der Waals surface area contributed by atoms with E-state index in [1.807, 2.05) is 11.3 Å². The van der Waals surface area contributed by atoms with E-state index < -0.39 is 0 Å². The molecule has 0 spiro atoms. The third-order valence-corrected chi connectivity index (χ3v) is 5.45. The maximum Gasteiger partial charge on any atom is 0.0201 e. The Morgan fingerprint density at radius 2 is 2.50 bits per heavy atom. The molecule has 90 valence electrons. The minimum absolute atomic E-state index is 0.720. The first kappa shape index (κ1) is 12.5. The van der Waals surface area contributed by atoms with Gasteiger partial charge in [0.05, 0.1) is 0 Å². The van der Waals surface area contributed by atoms with Crippen LogP contribution in [0, 0.1) is 0 Å². The van der Waals surface area contributed by atoms with E-state index in [1.165, 1.54) is 37.0 Å². The van der Waals surface area contributed by atoms with Gasteiger partial charge in [-0.2, -0.15) is 23.1 Å². The summed E-state index contributed by atoms with van der Waals surface area (Å²) in [7, 11) is 0. The van der Waals surface area contributed by atoms with Crippen molar-refractivity contribution in [3.05, 3.63) is 22.4 Å². The molecule has 16 heavy (non-hydrogen) atoms. The van der Waals surface area contributed by atoms with Crippen molar-refractivity contribution >= 4 is 23.1 Å². The van der Waals surface area contributed by atoms with Crippen LogP contribution in [0.4, 0.5) is 0 Å². The lowest BCUT2D eigenvalue weighted by atomic mass is 10.0. The lowest BCUT2D eigenvalue weighted by molar-refractivity contribution is 0.469. The standard InChI is InChI=1S/C13H21NS2/c1-2-14-12(13-4-3-8-16-13)6-5-11-7-9-15-10-11/h7,9-10,12-14H,2-6,8H2,1H3. The van der Waals surface area contributed by atoms with Gasteiger partial charge in [-0.1, -0.05) is 6.92 Å². The fraction of sp³-hybridized carbons (Fsp3) is 0.692. The molecule has 2 unspecified atom stereocenters. The Morgan fingerprint density at radius 3 is 3.12 bits per heavy atom. The summed E-state index contributed by atoms with van der Waals surface area (Å²) in [5.74, 6) is 1.37. The number of nitrogens with one attached hydrogen (secondary N) is 1. The Bertz CT molecular complexity index is 278. The van der Waals surface area contributed by atoms with Gasteiger partial charge in [0.1, 0.15) is 0 Å². The SMILES string of the molecule is CCNC(CCc1ccsc1)C1CCCS1. The molecular weight excluding hydrogens is 234 g/mol. The smallest absolute Gasteiger partial charge is 0.0201 e. The maximum atomic E-state index is 3.67. The monoisotopic (exact) mass is 255 g/mol. The van der Waals surface area contributed by atoms with E-state index in [9.17, 15) is 0 Å². The summed E-state index contributed by atoms with van der Waals surface area (Å²) in [5.41, 5.74) is 1.51. The molecule has 1 nitrogen and oxygen atoms in total. The van der Waals surface area contributed by atoms with Gasteiger partial charge in [0, 0.05) is 11.3 Å². The minimum atomic E-state index is 0.720. The second-order valence-electron chi connectivity index (χ2n) is 4.39. The predicted molar refractivity (Wildman–Crippen MR) is 75.6 cm³/mol. The Kier molecular flexibility index (Phi) is 5.20. The van der Waals surface area contributed by atoms with Gasteiger partial charge in [-0.15, -0.1) is 0 Å². The van der Waals surface area contributed by atoms with Crippen molar-refractivity contribution in [2.24, 2.45) is 0 Å². The van der Waals surface area contributed by atoms with Crippen LogP contribution in [0.1, 0.15) is 31.7 Å². The molecule has 0 amide bonds. The van der Waals surface area contributed by atoms with Crippen LogP contribution in [-0.2, 0) is 6.42 Å². The van der Waals surface area contributed by atoms with Gasteiger partial charge in [-0.25, -0.2) is 0 Å². The van der Waals surface area contributed by atoms with E-state index in [2.05, 4.69) is 40.8 Å². The molecule has 1 aliphatic heterocycles. The molecule has 3 heteroatoms. The van der Waals surface area contributed by atoms with Crippen LogP contribution < -0.4 is 5.32 Å². The van der Waals surface area contributed by atoms with Crippen LogP contribution in [-0.4, -0.2) is 23.6 Å². The molecule has 2 atom stereocenters. The van der Waals surface area contributed by atoms with E-state index in [0.29, 0.717) is 0 Å². The normalized spacial score (nSPS) is 22.4. The van der Waals surface area contributed by atoms with Crippen molar-refractivity contribution in [2.45, 2.75) is 43.9 Å². The van der Waals surface area contributed by atoms with Crippen LogP contribution in [0.3, 0.4) is 0 Å². The van der Waals surface area contributed by atoms with Crippen LogP contribution in [0.2, 0.25) is 0 Å². The Balaban J connectivity index is 1.82. The van der Waals surface area contributed by atoms with E-state index in [4.69, 9.17) is 0 Å². The van der Waals surface area contributed by atoms with Gasteiger partial charge in [0.25, 0.3) is 0 Å². The molecule has 1 aliphatic rings. The highest BCUT2D eigenvalue weighted by Gasteiger charge is 2.24. The van der Waals surface area contributed by atoms with Gasteiger partial charge >= 0.3 is 0 Å². The van der Waals surface area contributed by atoms with Crippen molar-refractivity contribution in [1.29, 1.82) is 0 Å². The van der Waals surface area contributed by atoms with E-state index in [-0.39, 0.29) is 0 Å². The zero-order valence-corrected chi connectivity index (χ0v) is 11.6. The van der Waals surface area contributed by atoms with E-state index in [0.717, 1.165) is 17.8 Å². The molecule has 1 fully saturated rings. The van der Waals surface area contributed by atoms with Crippen LogP contribution in [0.15, 0.2) is 16.8 Å². The van der Waals surface area contributed by atoms with Gasteiger partial charge in [0.2, 0.25) is 0 Å². The highest BCUT2D eigenvalue weighted by molar-refractivity contribution is 8.00. The van der Waals surface area contributed by atoms with E-state index >= 15 is 0 Å². The summed E-state index contributed by atoms with van der Waals surface area (Å²) in [5, 5.41) is 8.99. The first-order valence-electron chi connectivity index (χ1n) is 6.26. The molecule has 1 N–H and O–H groups in total. The lowest BCUT2D eigenvalue weighted by Crippen LogP contribution is -2.37.